The van der Waals surface area contributed by atoms with Crippen molar-refractivity contribution in [2.45, 2.75) is 38.6 Å². The van der Waals surface area contributed by atoms with E-state index >= 15 is 0 Å². The Balaban J connectivity index is 2.02. The van der Waals surface area contributed by atoms with Crippen molar-refractivity contribution in [1.29, 1.82) is 0 Å². The molecule has 1 saturated carbocycles. The van der Waals surface area contributed by atoms with Crippen molar-refractivity contribution in [1.82, 2.24) is 5.32 Å². The molecule has 4 heteroatoms. The molecule has 3 nitrogen and oxygen atoms in total. The quantitative estimate of drug-likeness (QED) is 0.801. The SMILES string of the molecule is CCNC(CS(=O)CC1CCCC1)c1ccccc1OC. The van der Waals surface area contributed by atoms with Crippen molar-refractivity contribution in [3.63, 3.8) is 0 Å². The number of benzene rings is 1. The molecular weight excluding hydrogens is 282 g/mol. The Labute approximate surface area is 130 Å². The molecule has 118 valence electrons. The number of methoxy groups -OCH3 is 1. The van der Waals surface area contributed by atoms with E-state index in [0.717, 1.165) is 23.6 Å². The lowest BCUT2D eigenvalue weighted by atomic mass is 10.1. The summed E-state index contributed by atoms with van der Waals surface area (Å²) in [5.41, 5.74) is 1.11. The largest absolute Gasteiger partial charge is 0.496 e. The van der Waals surface area contributed by atoms with E-state index in [2.05, 4.69) is 18.3 Å². The molecule has 21 heavy (non-hydrogen) atoms. The van der Waals surface area contributed by atoms with Crippen LogP contribution < -0.4 is 10.1 Å². The molecule has 0 spiro atoms. The minimum atomic E-state index is -0.770. The first-order chi connectivity index (χ1) is 10.2. The smallest absolute Gasteiger partial charge is 0.123 e. The molecule has 1 aliphatic rings. The van der Waals surface area contributed by atoms with Gasteiger partial charge in [-0.25, -0.2) is 0 Å². The number of hydrogen-bond acceptors (Lipinski definition) is 3. The van der Waals surface area contributed by atoms with Gasteiger partial charge < -0.3 is 10.1 Å². The molecule has 0 radical (unpaired) electrons. The fourth-order valence-corrected chi connectivity index (χ4v) is 4.82. The minimum Gasteiger partial charge on any atom is -0.496 e. The van der Waals surface area contributed by atoms with Gasteiger partial charge in [-0.15, -0.1) is 0 Å². The molecule has 0 aliphatic heterocycles. The zero-order valence-electron chi connectivity index (χ0n) is 13.1. The lowest BCUT2D eigenvalue weighted by molar-refractivity contribution is 0.402. The molecule has 2 rings (SSSR count). The van der Waals surface area contributed by atoms with Crippen LogP contribution in [0, 0.1) is 5.92 Å². The van der Waals surface area contributed by atoms with Gasteiger partial charge in [-0.05, 0) is 31.4 Å². The second kappa shape index (κ2) is 8.54. The summed E-state index contributed by atoms with van der Waals surface area (Å²) >= 11 is 0. The van der Waals surface area contributed by atoms with Gasteiger partial charge in [-0.3, -0.25) is 4.21 Å². The van der Waals surface area contributed by atoms with Crippen molar-refractivity contribution in [3.8, 4) is 5.75 Å². The van der Waals surface area contributed by atoms with E-state index in [1.165, 1.54) is 25.7 Å². The number of hydrogen-bond donors (Lipinski definition) is 1. The third-order valence-electron chi connectivity index (χ3n) is 4.21. The van der Waals surface area contributed by atoms with Gasteiger partial charge in [-0.2, -0.15) is 0 Å². The Bertz CT molecular complexity index is 458. The zero-order chi connectivity index (χ0) is 15.1. The van der Waals surface area contributed by atoms with Crippen LogP contribution in [0.2, 0.25) is 0 Å². The number of para-hydroxylation sites is 1. The van der Waals surface area contributed by atoms with Gasteiger partial charge in [0.15, 0.2) is 0 Å². The average Bonchev–Trinajstić information content (AvgIpc) is 2.99. The van der Waals surface area contributed by atoms with Crippen molar-refractivity contribution in [2.24, 2.45) is 5.92 Å². The molecule has 1 aliphatic carbocycles. The second-order valence-electron chi connectivity index (χ2n) is 5.78. The van der Waals surface area contributed by atoms with Crippen molar-refractivity contribution >= 4 is 10.8 Å². The molecule has 0 heterocycles. The van der Waals surface area contributed by atoms with Crippen molar-refractivity contribution < 1.29 is 8.95 Å². The highest BCUT2D eigenvalue weighted by Gasteiger charge is 2.22. The maximum absolute atomic E-state index is 12.5. The normalized spacial score (nSPS) is 18.6. The summed E-state index contributed by atoms with van der Waals surface area (Å²) in [7, 11) is 0.922. The predicted molar refractivity (Wildman–Crippen MR) is 89.2 cm³/mol. The predicted octanol–water partition coefficient (Wildman–Crippen LogP) is 3.28. The van der Waals surface area contributed by atoms with E-state index in [9.17, 15) is 4.21 Å². The fourth-order valence-electron chi connectivity index (χ4n) is 3.15. The topological polar surface area (TPSA) is 38.3 Å². The van der Waals surface area contributed by atoms with Crippen LogP contribution in [-0.2, 0) is 10.8 Å². The average molecular weight is 309 g/mol. The maximum Gasteiger partial charge on any atom is 0.123 e. The molecule has 1 aromatic carbocycles. The molecule has 1 N–H and O–H groups in total. The lowest BCUT2D eigenvalue weighted by Crippen LogP contribution is -2.28. The summed E-state index contributed by atoms with van der Waals surface area (Å²) in [5, 5.41) is 3.46. The van der Waals surface area contributed by atoms with Crippen LogP contribution in [-0.4, -0.2) is 29.4 Å². The standard InChI is InChI=1S/C17H27NO2S/c1-3-18-16(15-10-6-7-11-17(15)20-2)13-21(19)12-14-8-4-5-9-14/h6-7,10-11,14,16,18H,3-5,8-9,12-13H2,1-2H3. The van der Waals surface area contributed by atoms with Gasteiger partial charge >= 0.3 is 0 Å². The monoisotopic (exact) mass is 309 g/mol. The molecule has 0 saturated heterocycles. The van der Waals surface area contributed by atoms with Gasteiger partial charge in [0.25, 0.3) is 0 Å². The van der Waals surface area contributed by atoms with Crippen molar-refractivity contribution in [3.05, 3.63) is 29.8 Å². The molecule has 1 aromatic rings. The summed E-state index contributed by atoms with van der Waals surface area (Å²) in [6.07, 6.45) is 5.13. The van der Waals surface area contributed by atoms with Gasteiger partial charge in [0, 0.05) is 33.9 Å². The van der Waals surface area contributed by atoms with Gasteiger partial charge in [0.2, 0.25) is 0 Å². The van der Waals surface area contributed by atoms with Crippen LogP contribution in [0.15, 0.2) is 24.3 Å². The highest BCUT2D eigenvalue weighted by Crippen LogP contribution is 2.28. The van der Waals surface area contributed by atoms with E-state index in [1.54, 1.807) is 7.11 Å². The summed E-state index contributed by atoms with van der Waals surface area (Å²) < 4.78 is 17.9. The Hall–Kier alpha value is -0.870. The summed E-state index contributed by atoms with van der Waals surface area (Å²) in [4.78, 5) is 0. The van der Waals surface area contributed by atoms with Gasteiger partial charge in [-0.1, -0.05) is 38.0 Å². The van der Waals surface area contributed by atoms with Gasteiger partial charge in [0.1, 0.15) is 5.75 Å². The van der Waals surface area contributed by atoms with E-state index < -0.39 is 10.8 Å². The van der Waals surface area contributed by atoms with E-state index in [4.69, 9.17) is 4.74 Å². The third kappa shape index (κ3) is 4.82. The Morgan fingerprint density at radius 3 is 2.71 bits per heavy atom. The Morgan fingerprint density at radius 1 is 1.33 bits per heavy atom. The van der Waals surface area contributed by atoms with E-state index in [-0.39, 0.29) is 6.04 Å². The highest BCUT2D eigenvalue weighted by molar-refractivity contribution is 7.85. The number of nitrogens with one attached hydrogen (secondary N) is 1. The summed E-state index contributed by atoms with van der Waals surface area (Å²) in [5.74, 6) is 3.08. The number of rotatable bonds is 8. The molecule has 0 amide bonds. The van der Waals surface area contributed by atoms with Crippen LogP contribution >= 0.6 is 0 Å². The first-order valence-corrected chi connectivity index (χ1v) is 9.44. The first kappa shape index (κ1) is 16.5. The first-order valence-electron chi connectivity index (χ1n) is 7.95. The van der Waals surface area contributed by atoms with E-state index in [1.807, 2.05) is 18.2 Å². The molecule has 2 unspecified atom stereocenters. The van der Waals surface area contributed by atoms with Gasteiger partial charge in [0.05, 0.1) is 7.11 Å². The Morgan fingerprint density at radius 2 is 2.05 bits per heavy atom. The minimum absolute atomic E-state index is 0.105. The summed E-state index contributed by atoms with van der Waals surface area (Å²) in [6, 6.07) is 8.13. The molecule has 1 fully saturated rings. The van der Waals surface area contributed by atoms with Crippen LogP contribution in [0.4, 0.5) is 0 Å². The van der Waals surface area contributed by atoms with Crippen molar-refractivity contribution in [2.75, 3.05) is 25.2 Å². The number of ether oxygens (including phenoxy) is 1. The van der Waals surface area contributed by atoms with E-state index in [0.29, 0.717) is 11.7 Å². The molecule has 2 atom stereocenters. The van der Waals surface area contributed by atoms with Crippen LogP contribution in [0.25, 0.3) is 0 Å². The zero-order valence-corrected chi connectivity index (χ0v) is 14.0. The highest BCUT2D eigenvalue weighted by atomic mass is 32.2. The second-order valence-corrected chi connectivity index (χ2v) is 7.32. The molecule has 0 bridgehead atoms. The molecular formula is C17H27NO2S. The Kier molecular flexibility index (Phi) is 6.71. The maximum atomic E-state index is 12.5. The lowest BCUT2D eigenvalue weighted by Gasteiger charge is -2.21. The molecule has 0 aromatic heterocycles. The fraction of sp³-hybridized carbons (Fsp3) is 0.647. The van der Waals surface area contributed by atoms with Crippen LogP contribution in [0.1, 0.15) is 44.2 Å². The van der Waals surface area contributed by atoms with Crippen LogP contribution in [0.5, 0.6) is 5.75 Å². The van der Waals surface area contributed by atoms with Crippen LogP contribution in [0.3, 0.4) is 0 Å². The summed E-state index contributed by atoms with van der Waals surface area (Å²) in [6.45, 7) is 2.95. The third-order valence-corrected chi connectivity index (χ3v) is 5.76.